The van der Waals surface area contributed by atoms with Gasteiger partial charge in [0.2, 0.25) is 10.0 Å². The average Bonchev–Trinajstić information content (AvgIpc) is 2.69. The van der Waals surface area contributed by atoms with Crippen LogP contribution in [0.3, 0.4) is 0 Å². The summed E-state index contributed by atoms with van der Waals surface area (Å²) in [5, 5.41) is 9.28. The smallest absolute Gasteiger partial charge is 0.211 e. The van der Waals surface area contributed by atoms with Gasteiger partial charge in [-0.05, 0) is 25.2 Å². The van der Waals surface area contributed by atoms with Gasteiger partial charge in [0.15, 0.2) is 0 Å². The van der Waals surface area contributed by atoms with Crippen LogP contribution in [0.15, 0.2) is 0 Å². The minimum Gasteiger partial charge on any atom is -0.393 e. The molecule has 96 valence electrons. The molecule has 0 spiro atoms. The molecule has 0 aromatic heterocycles. The molecule has 0 aromatic rings. The van der Waals surface area contributed by atoms with Crippen LogP contribution in [0.1, 0.15) is 26.2 Å². The highest BCUT2D eigenvalue weighted by Crippen LogP contribution is 2.13. The summed E-state index contributed by atoms with van der Waals surface area (Å²) in [7, 11) is -3.21. The lowest BCUT2D eigenvalue weighted by atomic mass is 10.2. The number of hydrogen-bond acceptors (Lipinski definition) is 4. The van der Waals surface area contributed by atoms with E-state index in [1.54, 1.807) is 0 Å². The van der Waals surface area contributed by atoms with Crippen molar-refractivity contribution in [3.8, 4) is 0 Å². The summed E-state index contributed by atoms with van der Waals surface area (Å²) in [5.41, 5.74) is 0. The van der Waals surface area contributed by atoms with Crippen LogP contribution in [0.5, 0.6) is 0 Å². The van der Waals surface area contributed by atoms with Crippen molar-refractivity contribution in [2.75, 3.05) is 25.5 Å². The first-order valence-electron chi connectivity index (χ1n) is 5.76. The minimum absolute atomic E-state index is 0.119. The number of aliphatic hydroxyl groups is 1. The quantitative estimate of drug-likeness (QED) is 0.673. The lowest BCUT2D eigenvalue weighted by Crippen LogP contribution is -2.32. The third-order valence-electron chi connectivity index (χ3n) is 2.75. The monoisotopic (exact) mass is 251 g/mol. The minimum atomic E-state index is -3.21. The van der Waals surface area contributed by atoms with Crippen molar-refractivity contribution in [2.24, 2.45) is 5.92 Å². The molecular formula is C10H21NO4S. The lowest BCUT2D eigenvalue weighted by Gasteiger charge is -2.11. The van der Waals surface area contributed by atoms with E-state index in [9.17, 15) is 13.5 Å². The van der Waals surface area contributed by atoms with Gasteiger partial charge in [0.05, 0.1) is 18.5 Å². The molecular weight excluding hydrogens is 230 g/mol. The summed E-state index contributed by atoms with van der Waals surface area (Å²) in [6.45, 7) is 3.38. The molecule has 1 heterocycles. The van der Waals surface area contributed by atoms with Crippen LogP contribution in [0, 0.1) is 5.92 Å². The number of rotatable bonds is 7. The predicted molar refractivity (Wildman–Crippen MR) is 61.6 cm³/mol. The van der Waals surface area contributed by atoms with Gasteiger partial charge in [-0.3, -0.25) is 0 Å². The largest absolute Gasteiger partial charge is 0.393 e. The standard InChI is InChI=1S/C10H21NO4S/c1-2-10(12)3-5-11-16(13,14)8-9-4-6-15-7-9/h9-12H,2-8H2,1H3. The maximum absolute atomic E-state index is 11.6. The number of ether oxygens (including phenoxy) is 1. The highest BCUT2D eigenvalue weighted by atomic mass is 32.2. The lowest BCUT2D eigenvalue weighted by molar-refractivity contribution is 0.162. The Balaban J connectivity index is 2.23. The van der Waals surface area contributed by atoms with Crippen LogP contribution in [0.2, 0.25) is 0 Å². The molecule has 1 rings (SSSR count). The number of hydrogen-bond donors (Lipinski definition) is 2. The van der Waals surface area contributed by atoms with E-state index < -0.39 is 16.1 Å². The molecule has 1 saturated heterocycles. The maximum atomic E-state index is 11.6. The van der Waals surface area contributed by atoms with Crippen molar-refractivity contribution in [1.82, 2.24) is 4.72 Å². The molecule has 0 aromatic carbocycles. The van der Waals surface area contributed by atoms with Crippen molar-refractivity contribution < 1.29 is 18.3 Å². The number of aliphatic hydroxyl groups excluding tert-OH is 1. The first kappa shape index (κ1) is 13.9. The summed E-state index contributed by atoms with van der Waals surface area (Å²) in [4.78, 5) is 0. The fourth-order valence-corrected chi connectivity index (χ4v) is 3.10. The zero-order chi connectivity index (χ0) is 12.0. The van der Waals surface area contributed by atoms with E-state index in [2.05, 4.69) is 4.72 Å². The van der Waals surface area contributed by atoms with Crippen LogP contribution in [0.4, 0.5) is 0 Å². The summed E-state index contributed by atoms with van der Waals surface area (Å²) >= 11 is 0. The summed E-state index contributed by atoms with van der Waals surface area (Å²) in [6.07, 6.45) is 1.52. The highest BCUT2D eigenvalue weighted by molar-refractivity contribution is 7.89. The zero-order valence-corrected chi connectivity index (χ0v) is 10.5. The van der Waals surface area contributed by atoms with Crippen LogP contribution in [-0.4, -0.2) is 45.1 Å². The van der Waals surface area contributed by atoms with Gasteiger partial charge in [0.25, 0.3) is 0 Å². The Morgan fingerprint density at radius 3 is 2.88 bits per heavy atom. The van der Waals surface area contributed by atoms with Crippen molar-refractivity contribution >= 4 is 10.0 Å². The summed E-state index contributed by atoms with van der Waals surface area (Å²) in [6, 6.07) is 0. The fraction of sp³-hybridized carbons (Fsp3) is 1.00. The predicted octanol–water partition coefficient (Wildman–Crippen LogP) is 0.103. The number of sulfonamides is 1. The highest BCUT2D eigenvalue weighted by Gasteiger charge is 2.22. The van der Waals surface area contributed by atoms with Gasteiger partial charge in [-0.2, -0.15) is 0 Å². The van der Waals surface area contributed by atoms with E-state index in [0.29, 0.717) is 32.6 Å². The molecule has 1 aliphatic heterocycles. The molecule has 2 atom stereocenters. The normalized spacial score (nSPS) is 23.5. The zero-order valence-electron chi connectivity index (χ0n) is 9.68. The van der Waals surface area contributed by atoms with Gasteiger partial charge in [-0.15, -0.1) is 0 Å². The molecule has 0 aliphatic carbocycles. The molecule has 1 aliphatic rings. The van der Waals surface area contributed by atoms with Crippen molar-refractivity contribution in [1.29, 1.82) is 0 Å². The second kappa shape index (κ2) is 6.54. The van der Waals surface area contributed by atoms with Crippen molar-refractivity contribution in [3.63, 3.8) is 0 Å². The van der Waals surface area contributed by atoms with Crippen LogP contribution < -0.4 is 4.72 Å². The molecule has 0 bridgehead atoms. The van der Waals surface area contributed by atoms with E-state index in [1.807, 2.05) is 6.92 Å². The Bertz CT molecular complexity index is 285. The van der Waals surface area contributed by atoms with E-state index >= 15 is 0 Å². The fourth-order valence-electron chi connectivity index (χ4n) is 1.67. The third kappa shape index (κ3) is 5.25. The molecule has 5 nitrogen and oxygen atoms in total. The van der Waals surface area contributed by atoms with E-state index in [4.69, 9.17) is 4.74 Å². The maximum Gasteiger partial charge on any atom is 0.211 e. The Morgan fingerprint density at radius 2 is 2.31 bits per heavy atom. The molecule has 2 unspecified atom stereocenters. The molecule has 16 heavy (non-hydrogen) atoms. The van der Waals surface area contributed by atoms with E-state index in [0.717, 1.165) is 6.42 Å². The van der Waals surface area contributed by atoms with Gasteiger partial charge in [0.1, 0.15) is 0 Å². The van der Waals surface area contributed by atoms with Gasteiger partial charge in [-0.1, -0.05) is 6.92 Å². The summed E-state index contributed by atoms with van der Waals surface area (Å²) in [5.74, 6) is 0.253. The van der Waals surface area contributed by atoms with E-state index in [-0.39, 0.29) is 11.7 Å². The van der Waals surface area contributed by atoms with Crippen LogP contribution in [-0.2, 0) is 14.8 Å². The van der Waals surface area contributed by atoms with Gasteiger partial charge >= 0.3 is 0 Å². The van der Waals surface area contributed by atoms with Gasteiger partial charge in [-0.25, -0.2) is 13.1 Å². The Kier molecular flexibility index (Phi) is 5.68. The molecule has 0 saturated carbocycles. The summed E-state index contributed by atoms with van der Waals surface area (Å²) < 4.78 is 30.9. The average molecular weight is 251 g/mol. The SMILES string of the molecule is CCC(O)CCNS(=O)(=O)CC1CCOC1. The topological polar surface area (TPSA) is 75.6 Å². The first-order chi connectivity index (χ1) is 7.53. The van der Waals surface area contributed by atoms with Gasteiger partial charge < -0.3 is 9.84 Å². The van der Waals surface area contributed by atoms with E-state index in [1.165, 1.54) is 0 Å². The molecule has 0 radical (unpaired) electrons. The van der Waals surface area contributed by atoms with Gasteiger partial charge in [0, 0.05) is 13.2 Å². The van der Waals surface area contributed by atoms with Crippen molar-refractivity contribution in [2.45, 2.75) is 32.3 Å². The Morgan fingerprint density at radius 1 is 1.56 bits per heavy atom. The second-order valence-corrected chi connectivity index (χ2v) is 6.11. The third-order valence-corrected chi connectivity index (χ3v) is 4.30. The van der Waals surface area contributed by atoms with Crippen molar-refractivity contribution in [3.05, 3.63) is 0 Å². The molecule has 0 amide bonds. The molecule has 2 N–H and O–H groups in total. The van der Waals surface area contributed by atoms with Crippen LogP contribution in [0.25, 0.3) is 0 Å². The molecule has 6 heteroatoms. The first-order valence-corrected chi connectivity index (χ1v) is 7.42. The Hall–Kier alpha value is -0.170. The second-order valence-electron chi connectivity index (χ2n) is 4.26. The number of nitrogens with one attached hydrogen (secondary N) is 1. The molecule has 1 fully saturated rings. The van der Waals surface area contributed by atoms with Crippen LogP contribution >= 0.6 is 0 Å². The Labute approximate surface area is 97.2 Å².